The fourth-order valence-corrected chi connectivity index (χ4v) is 3.21. The first-order chi connectivity index (χ1) is 12.1. The number of aromatic amines is 1. The summed E-state index contributed by atoms with van der Waals surface area (Å²) in [5.74, 6) is 1.70. The summed E-state index contributed by atoms with van der Waals surface area (Å²) in [4.78, 5) is 22.0. The molecule has 1 aromatic carbocycles. The van der Waals surface area contributed by atoms with Gasteiger partial charge in [-0.05, 0) is 32.4 Å². The molecule has 1 saturated heterocycles. The predicted molar refractivity (Wildman–Crippen MR) is 95.4 cm³/mol. The van der Waals surface area contributed by atoms with E-state index in [0.29, 0.717) is 34.8 Å². The Balaban J connectivity index is 1.80. The number of aromatic nitrogens is 2. The summed E-state index contributed by atoms with van der Waals surface area (Å²) in [6.45, 7) is 2.22. The van der Waals surface area contributed by atoms with Gasteiger partial charge in [0.1, 0.15) is 5.82 Å². The van der Waals surface area contributed by atoms with Crippen LogP contribution in [-0.2, 0) is 11.3 Å². The highest BCUT2D eigenvalue weighted by molar-refractivity contribution is 5.81. The number of H-pyrrole nitrogens is 1. The third kappa shape index (κ3) is 4.11. The Morgan fingerprint density at radius 1 is 1.28 bits per heavy atom. The highest BCUT2D eigenvalue weighted by atomic mass is 16.5. The molecule has 0 saturated carbocycles. The molecule has 25 heavy (non-hydrogen) atoms. The van der Waals surface area contributed by atoms with Gasteiger partial charge >= 0.3 is 0 Å². The Morgan fingerprint density at radius 2 is 2.04 bits per heavy atom. The molecule has 0 spiro atoms. The molecule has 1 aromatic heterocycles. The van der Waals surface area contributed by atoms with E-state index in [0.717, 1.165) is 26.0 Å². The van der Waals surface area contributed by atoms with Crippen molar-refractivity contribution in [2.75, 3.05) is 34.4 Å². The van der Waals surface area contributed by atoms with Gasteiger partial charge in [-0.1, -0.05) is 0 Å². The molecule has 136 valence electrons. The minimum atomic E-state index is -0.178. The molecule has 7 nitrogen and oxygen atoms in total. The van der Waals surface area contributed by atoms with E-state index in [9.17, 15) is 4.79 Å². The number of methoxy groups -OCH3 is 2. The van der Waals surface area contributed by atoms with Gasteiger partial charge < -0.3 is 19.2 Å². The molecule has 1 aliphatic rings. The van der Waals surface area contributed by atoms with E-state index >= 15 is 0 Å². The maximum atomic E-state index is 12.4. The zero-order chi connectivity index (χ0) is 17.8. The predicted octanol–water partition coefficient (Wildman–Crippen LogP) is 1.94. The first kappa shape index (κ1) is 17.7. The first-order valence-corrected chi connectivity index (χ1v) is 8.55. The summed E-state index contributed by atoms with van der Waals surface area (Å²) in [6.07, 6.45) is 3.70. The van der Waals surface area contributed by atoms with Crippen LogP contribution in [-0.4, -0.2) is 55.4 Å². The van der Waals surface area contributed by atoms with Crippen LogP contribution in [0.15, 0.2) is 16.9 Å². The van der Waals surface area contributed by atoms with Crippen LogP contribution in [0, 0.1) is 0 Å². The van der Waals surface area contributed by atoms with Crippen LogP contribution in [0.2, 0.25) is 0 Å². The molecule has 1 N–H and O–H groups in total. The molecule has 1 aliphatic heterocycles. The van der Waals surface area contributed by atoms with Crippen molar-refractivity contribution >= 4 is 10.9 Å². The van der Waals surface area contributed by atoms with E-state index in [1.807, 2.05) is 7.05 Å². The lowest BCUT2D eigenvalue weighted by atomic mass is 10.1. The minimum absolute atomic E-state index is 0.178. The monoisotopic (exact) mass is 347 g/mol. The van der Waals surface area contributed by atoms with Crippen LogP contribution in [0.3, 0.4) is 0 Å². The molecule has 0 aliphatic carbocycles. The summed E-state index contributed by atoms with van der Waals surface area (Å²) in [6, 6.07) is 3.39. The first-order valence-electron chi connectivity index (χ1n) is 8.55. The lowest BCUT2D eigenvalue weighted by Gasteiger charge is -2.27. The number of rotatable bonds is 6. The lowest BCUT2D eigenvalue weighted by molar-refractivity contribution is -0.00291. The normalized spacial score (nSPS) is 17.8. The van der Waals surface area contributed by atoms with Crippen molar-refractivity contribution in [1.29, 1.82) is 0 Å². The standard InChI is InChI=1S/C18H25N3O4/c1-21(10-12-6-4-5-7-25-12)11-17-19-14-9-16(24-3)15(23-2)8-13(14)18(22)20-17/h8-9,12H,4-7,10-11H2,1-3H3,(H,19,20,22). The molecule has 0 bridgehead atoms. The Kier molecular flexibility index (Phi) is 5.55. The second-order valence-electron chi connectivity index (χ2n) is 6.42. The molecule has 1 atom stereocenters. The average Bonchev–Trinajstić information content (AvgIpc) is 2.61. The molecule has 2 heterocycles. The van der Waals surface area contributed by atoms with E-state index in [1.165, 1.54) is 6.42 Å². The SMILES string of the molecule is COc1cc2nc(CN(C)CC3CCCCO3)[nH]c(=O)c2cc1OC. The van der Waals surface area contributed by atoms with Gasteiger partial charge in [0.2, 0.25) is 0 Å². The second-order valence-corrected chi connectivity index (χ2v) is 6.42. The van der Waals surface area contributed by atoms with E-state index in [-0.39, 0.29) is 11.7 Å². The number of nitrogens with zero attached hydrogens (tertiary/aromatic N) is 2. The Hall–Kier alpha value is -2.12. The smallest absolute Gasteiger partial charge is 0.258 e. The zero-order valence-corrected chi connectivity index (χ0v) is 15.0. The van der Waals surface area contributed by atoms with Gasteiger partial charge in [0, 0.05) is 19.2 Å². The molecular formula is C18H25N3O4. The Labute approximate surface area is 146 Å². The Bertz CT molecular complexity index is 784. The van der Waals surface area contributed by atoms with Crippen LogP contribution in [0.4, 0.5) is 0 Å². The molecule has 1 unspecified atom stereocenters. The molecule has 1 fully saturated rings. The van der Waals surface area contributed by atoms with Gasteiger partial charge in [0.25, 0.3) is 5.56 Å². The fraction of sp³-hybridized carbons (Fsp3) is 0.556. The largest absolute Gasteiger partial charge is 0.493 e. The third-order valence-corrected chi connectivity index (χ3v) is 4.47. The molecule has 3 rings (SSSR count). The number of likely N-dealkylation sites (N-methyl/N-ethyl adjacent to an activating group) is 1. The Morgan fingerprint density at radius 3 is 2.72 bits per heavy atom. The number of hydrogen-bond acceptors (Lipinski definition) is 6. The highest BCUT2D eigenvalue weighted by Crippen LogP contribution is 2.29. The van der Waals surface area contributed by atoms with Crippen LogP contribution in [0.25, 0.3) is 10.9 Å². The summed E-state index contributed by atoms with van der Waals surface area (Å²) in [7, 11) is 5.12. The third-order valence-electron chi connectivity index (χ3n) is 4.47. The van der Waals surface area contributed by atoms with Crippen molar-refractivity contribution in [2.24, 2.45) is 0 Å². The van der Waals surface area contributed by atoms with E-state index in [4.69, 9.17) is 14.2 Å². The van der Waals surface area contributed by atoms with Gasteiger partial charge in [-0.25, -0.2) is 4.98 Å². The topological polar surface area (TPSA) is 76.7 Å². The number of hydrogen-bond donors (Lipinski definition) is 1. The van der Waals surface area contributed by atoms with Crippen molar-refractivity contribution in [2.45, 2.75) is 31.9 Å². The summed E-state index contributed by atoms with van der Waals surface area (Å²) in [5.41, 5.74) is 0.419. The van der Waals surface area contributed by atoms with E-state index in [1.54, 1.807) is 26.4 Å². The summed E-state index contributed by atoms with van der Waals surface area (Å²) >= 11 is 0. The molecule has 2 aromatic rings. The van der Waals surface area contributed by atoms with Crippen molar-refractivity contribution in [3.05, 3.63) is 28.3 Å². The molecule has 0 amide bonds. The van der Waals surface area contributed by atoms with Crippen molar-refractivity contribution in [3.8, 4) is 11.5 Å². The minimum Gasteiger partial charge on any atom is -0.493 e. The molecule has 7 heteroatoms. The van der Waals surface area contributed by atoms with Crippen LogP contribution < -0.4 is 15.0 Å². The second kappa shape index (κ2) is 7.84. The number of benzene rings is 1. The zero-order valence-electron chi connectivity index (χ0n) is 15.0. The van der Waals surface area contributed by atoms with Gasteiger partial charge in [-0.3, -0.25) is 9.69 Å². The van der Waals surface area contributed by atoms with Gasteiger partial charge in [0.15, 0.2) is 11.5 Å². The number of ether oxygens (including phenoxy) is 3. The van der Waals surface area contributed by atoms with Crippen LogP contribution in [0.1, 0.15) is 25.1 Å². The molecule has 0 radical (unpaired) electrons. The maximum Gasteiger partial charge on any atom is 0.258 e. The van der Waals surface area contributed by atoms with Gasteiger partial charge in [-0.2, -0.15) is 0 Å². The van der Waals surface area contributed by atoms with Crippen molar-refractivity contribution < 1.29 is 14.2 Å². The summed E-state index contributed by atoms with van der Waals surface area (Å²) < 4.78 is 16.3. The van der Waals surface area contributed by atoms with Crippen LogP contribution >= 0.6 is 0 Å². The molecular weight excluding hydrogens is 322 g/mol. The van der Waals surface area contributed by atoms with E-state index in [2.05, 4.69) is 14.9 Å². The number of fused-ring (bicyclic) bond motifs is 1. The van der Waals surface area contributed by atoms with E-state index < -0.39 is 0 Å². The summed E-state index contributed by atoms with van der Waals surface area (Å²) in [5, 5.41) is 0.486. The highest BCUT2D eigenvalue weighted by Gasteiger charge is 2.17. The maximum absolute atomic E-state index is 12.4. The van der Waals surface area contributed by atoms with Gasteiger partial charge in [-0.15, -0.1) is 0 Å². The van der Waals surface area contributed by atoms with Crippen molar-refractivity contribution in [3.63, 3.8) is 0 Å². The fourth-order valence-electron chi connectivity index (χ4n) is 3.21. The van der Waals surface area contributed by atoms with Crippen LogP contribution in [0.5, 0.6) is 11.5 Å². The number of nitrogens with one attached hydrogen (secondary N) is 1. The lowest BCUT2D eigenvalue weighted by Crippen LogP contribution is -2.33. The van der Waals surface area contributed by atoms with Gasteiger partial charge in [0.05, 0.1) is 37.8 Å². The van der Waals surface area contributed by atoms with Crippen molar-refractivity contribution in [1.82, 2.24) is 14.9 Å². The quantitative estimate of drug-likeness (QED) is 0.861. The average molecular weight is 347 g/mol.